The van der Waals surface area contributed by atoms with E-state index in [-0.39, 0.29) is 5.91 Å². The number of hydrogen-bond acceptors (Lipinski definition) is 4. The van der Waals surface area contributed by atoms with Crippen LogP contribution in [0, 0.1) is 0 Å². The first-order chi connectivity index (χ1) is 13.8. The maximum Gasteiger partial charge on any atom is 0.298 e. The Morgan fingerprint density at radius 3 is 2.79 bits per heavy atom. The van der Waals surface area contributed by atoms with Crippen molar-refractivity contribution in [3.05, 3.63) is 78.5 Å². The van der Waals surface area contributed by atoms with Gasteiger partial charge in [-0.1, -0.05) is 36.4 Å². The minimum atomic E-state index is -0.212. The number of rotatable bonds is 4. The largest absolute Gasteiger partial charge is 0.332 e. The van der Waals surface area contributed by atoms with E-state index in [1.54, 1.807) is 6.33 Å². The Kier molecular flexibility index (Phi) is 4.14. The first-order valence-corrected chi connectivity index (χ1v) is 9.27. The van der Waals surface area contributed by atoms with Crippen molar-refractivity contribution in [3.8, 4) is 11.5 Å². The second-order valence-corrected chi connectivity index (χ2v) is 6.75. The van der Waals surface area contributed by atoms with Gasteiger partial charge < -0.3 is 4.57 Å². The molecular formula is C21H19N5O2. The first kappa shape index (κ1) is 16.7. The van der Waals surface area contributed by atoms with Crippen molar-refractivity contribution in [1.82, 2.24) is 24.0 Å². The molecule has 1 aromatic carbocycles. The highest BCUT2D eigenvalue weighted by Crippen LogP contribution is 2.23. The lowest BCUT2D eigenvalue weighted by atomic mass is 10.2. The van der Waals surface area contributed by atoms with Crippen molar-refractivity contribution in [3.63, 3.8) is 0 Å². The first-order valence-electron chi connectivity index (χ1n) is 9.27. The zero-order valence-electron chi connectivity index (χ0n) is 15.2. The molecule has 0 spiro atoms. The molecule has 0 radical (unpaired) electrons. The number of pyridine rings is 1. The van der Waals surface area contributed by atoms with Gasteiger partial charge in [0.1, 0.15) is 5.69 Å². The average Bonchev–Trinajstić information content (AvgIpc) is 3.48. The molecule has 28 heavy (non-hydrogen) atoms. The summed E-state index contributed by atoms with van der Waals surface area (Å²) in [7, 11) is 0. The lowest BCUT2D eigenvalue weighted by Crippen LogP contribution is -2.27. The van der Waals surface area contributed by atoms with E-state index in [4.69, 9.17) is 4.84 Å². The number of carbonyl (C=O) groups is 1. The third-order valence-corrected chi connectivity index (χ3v) is 4.80. The summed E-state index contributed by atoms with van der Waals surface area (Å²) >= 11 is 0. The van der Waals surface area contributed by atoms with E-state index in [0.717, 1.165) is 24.2 Å². The second-order valence-electron chi connectivity index (χ2n) is 6.75. The fourth-order valence-corrected chi connectivity index (χ4v) is 3.46. The number of aromatic nitrogens is 4. The van der Waals surface area contributed by atoms with Crippen molar-refractivity contribution >= 4 is 11.4 Å². The van der Waals surface area contributed by atoms with Crippen LogP contribution in [0.1, 0.15) is 22.5 Å². The minimum Gasteiger partial charge on any atom is -0.332 e. The molecule has 0 aliphatic carbocycles. The fourth-order valence-electron chi connectivity index (χ4n) is 3.46. The molecule has 3 aromatic heterocycles. The standard InChI is InChI=1S/C21H19N5O2/c27-21(26-11-6-12-28-26)19-18-9-4-5-10-25(18)20(23-19)17-14-24(15-22-17)13-16-7-2-1-3-8-16/h1-5,7-10,14-15H,6,11-13H2. The SMILES string of the molecule is O=C(c1nc(-c2cn(Cc3ccccc3)cn2)n2ccccc12)N1CCCO1. The molecule has 0 unspecified atom stereocenters. The Morgan fingerprint density at radius 2 is 1.96 bits per heavy atom. The van der Waals surface area contributed by atoms with E-state index in [2.05, 4.69) is 22.1 Å². The molecule has 1 fully saturated rings. The molecule has 4 aromatic rings. The van der Waals surface area contributed by atoms with Gasteiger partial charge in [-0.2, -0.15) is 0 Å². The summed E-state index contributed by atoms with van der Waals surface area (Å²) in [5, 5.41) is 1.40. The summed E-state index contributed by atoms with van der Waals surface area (Å²) in [5.41, 5.74) is 3.05. The molecule has 1 aliphatic heterocycles. The Morgan fingerprint density at radius 1 is 1.11 bits per heavy atom. The maximum absolute atomic E-state index is 12.9. The summed E-state index contributed by atoms with van der Waals surface area (Å²) < 4.78 is 3.91. The number of amides is 1. The molecule has 0 bridgehead atoms. The van der Waals surface area contributed by atoms with Gasteiger partial charge in [-0.3, -0.25) is 14.0 Å². The monoisotopic (exact) mass is 373 g/mol. The van der Waals surface area contributed by atoms with Crippen LogP contribution in [-0.2, 0) is 11.4 Å². The fraction of sp³-hybridized carbons (Fsp3) is 0.190. The van der Waals surface area contributed by atoms with Gasteiger partial charge in [0.05, 0.1) is 25.0 Å². The maximum atomic E-state index is 12.9. The van der Waals surface area contributed by atoms with Gasteiger partial charge in [-0.05, 0) is 24.1 Å². The molecule has 7 nitrogen and oxygen atoms in total. The van der Waals surface area contributed by atoms with Crippen LogP contribution in [0.5, 0.6) is 0 Å². The van der Waals surface area contributed by atoms with E-state index in [1.165, 1.54) is 10.6 Å². The highest BCUT2D eigenvalue weighted by molar-refractivity contribution is 5.99. The molecule has 0 atom stereocenters. The Bertz CT molecular complexity index is 1130. The average molecular weight is 373 g/mol. The molecule has 140 valence electrons. The summed E-state index contributed by atoms with van der Waals surface area (Å²) in [6.45, 7) is 1.88. The van der Waals surface area contributed by atoms with Gasteiger partial charge in [0, 0.05) is 18.9 Å². The summed E-state index contributed by atoms with van der Waals surface area (Å²) in [6.07, 6.45) is 6.48. The number of nitrogens with zero attached hydrogens (tertiary/aromatic N) is 5. The summed E-state index contributed by atoms with van der Waals surface area (Å²) in [5.74, 6) is 0.432. The number of fused-ring (bicyclic) bond motifs is 1. The molecule has 4 heterocycles. The zero-order valence-corrected chi connectivity index (χ0v) is 15.2. The van der Waals surface area contributed by atoms with Crippen LogP contribution in [0.3, 0.4) is 0 Å². The highest BCUT2D eigenvalue weighted by Gasteiger charge is 2.26. The number of hydroxylamine groups is 2. The molecule has 5 rings (SSSR count). The molecular weight excluding hydrogens is 354 g/mol. The van der Waals surface area contributed by atoms with Crippen LogP contribution in [0.25, 0.3) is 17.0 Å². The normalized spacial score (nSPS) is 14.1. The van der Waals surface area contributed by atoms with Gasteiger partial charge in [-0.25, -0.2) is 15.0 Å². The Balaban J connectivity index is 1.52. The van der Waals surface area contributed by atoms with E-state index < -0.39 is 0 Å². The predicted molar refractivity (Wildman–Crippen MR) is 104 cm³/mol. The van der Waals surface area contributed by atoms with Crippen molar-refractivity contribution in [2.24, 2.45) is 0 Å². The number of benzene rings is 1. The predicted octanol–water partition coefficient (Wildman–Crippen LogP) is 3.02. The van der Waals surface area contributed by atoms with E-state index in [1.807, 2.05) is 57.8 Å². The van der Waals surface area contributed by atoms with Crippen LogP contribution >= 0.6 is 0 Å². The van der Waals surface area contributed by atoms with Gasteiger partial charge in [-0.15, -0.1) is 0 Å². The Labute approximate surface area is 161 Å². The van der Waals surface area contributed by atoms with Crippen molar-refractivity contribution in [2.45, 2.75) is 13.0 Å². The van der Waals surface area contributed by atoms with Crippen LogP contribution in [0.15, 0.2) is 67.3 Å². The summed E-state index contributed by atoms with van der Waals surface area (Å²) in [6, 6.07) is 15.9. The smallest absolute Gasteiger partial charge is 0.298 e. The van der Waals surface area contributed by atoms with Gasteiger partial charge >= 0.3 is 0 Å². The lowest BCUT2D eigenvalue weighted by Gasteiger charge is -2.11. The van der Waals surface area contributed by atoms with Gasteiger partial charge in [0.15, 0.2) is 11.5 Å². The van der Waals surface area contributed by atoms with Crippen LogP contribution in [-0.4, -0.2) is 43.1 Å². The van der Waals surface area contributed by atoms with Crippen molar-refractivity contribution < 1.29 is 9.63 Å². The second kappa shape index (κ2) is 6.94. The third-order valence-electron chi connectivity index (χ3n) is 4.80. The highest BCUT2D eigenvalue weighted by atomic mass is 16.7. The quantitative estimate of drug-likeness (QED) is 0.552. The topological polar surface area (TPSA) is 64.7 Å². The Hall–Kier alpha value is -3.45. The number of carbonyl (C=O) groups excluding carboxylic acids is 1. The van der Waals surface area contributed by atoms with Crippen LogP contribution in [0.2, 0.25) is 0 Å². The lowest BCUT2D eigenvalue weighted by molar-refractivity contribution is -0.0770. The number of imidazole rings is 2. The third kappa shape index (κ3) is 2.95. The molecule has 0 N–H and O–H groups in total. The zero-order chi connectivity index (χ0) is 18.9. The van der Waals surface area contributed by atoms with Crippen LogP contribution in [0.4, 0.5) is 0 Å². The number of hydrogen-bond donors (Lipinski definition) is 0. The molecule has 7 heteroatoms. The molecule has 1 amide bonds. The molecule has 1 saturated heterocycles. The van der Waals surface area contributed by atoms with Crippen LogP contribution < -0.4 is 0 Å². The molecule has 1 aliphatic rings. The van der Waals surface area contributed by atoms with Gasteiger partial charge in [0.25, 0.3) is 5.91 Å². The summed E-state index contributed by atoms with van der Waals surface area (Å²) in [4.78, 5) is 27.4. The van der Waals surface area contributed by atoms with Crippen molar-refractivity contribution in [1.29, 1.82) is 0 Å². The van der Waals surface area contributed by atoms with E-state index in [9.17, 15) is 4.79 Å². The van der Waals surface area contributed by atoms with E-state index in [0.29, 0.717) is 24.7 Å². The minimum absolute atomic E-state index is 0.212. The molecule has 0 saturated carbocycles. The van der Waals surface area contributed by atoms with Gasteiger partial charge in [0.2, 0.25) is 0 Å². The van der Waals surface area contributed by atoms with Crippen molar-refractivity contribution in [2.75, 3.05) is 13.2 Å². The van der Waals surface area contributed by atoms with E-state index >= 15 is 0 Å².